The lowest BCUT2D eigenvalue weighted by Crippen LogP contribution is -2.20. The van der Waals surface area contributed by atoms with Gasteiger partial charge in [0.2, 0.25) is 5.95 Å². The minimum absolute atomic E-state index is 0.506. The van der Waals surface area contributed by atoms with Gasteiger partial charge in [0.25, 0.3) is 0 Å². The molecule has 0 atom stereocenters. The van der Waals surface area contributed by atoms with Gasteiger partial charge in [0.15, 0.2) is 6.29 Å². The third-order valence-corrected chi connectivity index (χ3v) is 3.40. The lowest BCUT2D eigenvalue weighted by Gasteiger charge is -2.22. The van der Waals surface area contributed by atoms with Crippen LogP contribution in [0.4, 0.5) is 11.6 Å². The van der Waals surface area contributed by atoms with Crippen molar-refractivity contribution in [3.05, 3.63) is 47.8 Å². The van der Waals surface area contributed by atoms with E-state index < -0.39 is 0 Å². The number of carbonyl (C=O) groups excluding carboxylic acids is 1. The van der Waals surface area contributed by atoms with Crippen molar-refractivity contribution in [3.8, 4) is 0 Å². The summed E-state index contributed by atoms with van der Waals surface area (Å²) in [6.45, 7) is 0.914. The first-order valence-corrected chi connectivity index (χ1v) is 6.51. The maximum atomic E-state index is 10.7. The van der Waals surface area contributed by atoms with E-state index in [2.05, 4.69) is 33.1 Å². The van der Waals surface area contributed by atoms with Gasteiger partial charge < -0.3 is 4.90 Å². The highest BCUT2D eigenvalue weighted by atomic mass is 16.1. The normalized spacial score (nSPS) is 14.6. The zero-order chi connectivity index (χ0) is 13.1. The fraction of sp³-hybridized carbons (Fsp3) is 0.267. The van der Waals surface area contributed by atoms with Crippen LogP contribution in [0.25, 0.3) is 0 Å². The highest BCUT2D eigenvalue weighted by Gasteiger charge is 2.18. The van der Waals surface area contributed by atoms with Crippen molar-refractivity contribution in [2.75, 3.05) is 11.4 Å². The Labute approximate surface area is 112 Å². The summed E-state index contributed by atoms with van der Waals surface area (Å²) < 4.78 is 0. The van der Waals surface area contributed by atoms with Crippen LogP contribution in [0.1, 0.15) is 28.8 Å². The maximum Gasteiger partial charge on any atom is 0.229 e. The smallest absolute Gasteiger partial charge is 0.229 e. The molecule has 2 heterocycles. The molecule has 4 nitrogen and oxygen atoms in total. The molecule has 0 N–H and O–H groups in total. The van der Waals surface area contributed by atoms with Crippen LogP contribution in [0.2, 0.25) is 0 Å². The third-order valence-electron chi connectivity index (χ3n) is 3.40. The van der Waals surface area contributed by atoms with Crippen LogP contribution in [0.5, 0.6) is 0 Å². The van der Waals surface area contributed by atoms with E-state index in [4.69, 9.17) is 0 Å². The first kappa shape index (κ1) is 11.8. The van der Waals surface area contributed by atoms with Crippen LogP contribution < -0.4 is 4.90 Å². The first-order valence-electron chi connectivity index (χ1n) is 6.51. The maximum absolute atomic E-state index is 10.7. The molecule has 4 heteroatoms. The average Bonchev–Trinajstić information content (AvgIpc) is 2.70. The number of aldehydes is 1. The van der Waals surface area contributed by atoms with E-state index in [1.54, 1.807) is 12.4 Å². The van der Waals surface area contributed by atoms with Gasteiger partial charge in [-0.1, -0.05) is 18.2 Å². The van der Waals surface area contributed by atoms with E-state index in [9.17, 15) is 4.79 Å². The standard InChI is InChI=1S/C15H15N3O/c19-11-12-9-16-15(17-10-12)18-8-4-3-6-13-5-1-2-7-14(13)18/h1-2,5,7,9-11H,3-4,6,8H2. The molecular weight excluding hydrogens is 238 g/mol. The van der Waals surface area contributed by atoms with Crippen LogP contribution in [0.3, 0.4) is 0 Å². The SMILES string of the molecule is O=Cc1cnc(N2CCCCc3ccccc32)nc1. The number of anilines is 2. The van der Waals surface area contributed by atoms with Crippen LogP contribution in [0, 0.1) is 0 Å². The number of aryl methyl sites for hydroxylation is 1. The monoisotopic (exact) mass is 253 g/mol. The van der Waals surface area contributed by atoms with Gasteiger partial charge in [-0.2, -0.15) is 0 Å². The summed E-state index contributed by atoms with van der Waals surface area (Å²) in [4.78, 5) is 21.4. The minimum Gasteiger partial charge on any atom is -0.310 e. The van der Waals surface area contributed by atoms with Crippen molar-refractivity contribution in [3.63, 3.8) is 0 Å². The second-order valence-electron chi connectivity index (χ2n) is 4.67. The van der Waals surface area contributed by atoms with E-state index in [0.29, 0.717) is 11.5 Å². The van der Waals surface area contributed by atoms with Crippen LogP contribution in [-0.2, 0) is 6.42 Å². The molecule has 1 aliphatic rings. The van der Waals surface area contributed by atoms with Crippen molar-refractivity contribution in [2.24, 2.45) is 0 Å². The molecule has 1 aromatic carbocycles. The number of carbonyl (C=O) groups is 1. The Morgan fingerprint density at radius 1 is 1.11 bits per heavy atom. The average molecular weight is 253 g/mol. The molecule has 0 amide bonds. The van der Waals surface area contributed by atoms with E-state index >= 15 is 0 Å². The number of para-hydroxylation sites is 1. The Morgan fingerprint density at radius 2 is 1.89 bits per heavy atom. The summed E-state index contributed by atoms with van der Waals surface area (Å²) in [5.74, 6) is 0.667. The van der Waals surface area contributed by atoms with Crippen molar-refractivity contribution in [2.45, 2.75) is 19.3 Å². The molecule has 0 bridgehead atoms. The van der Waals surface area contributed by atoms with Crippen LogP contribution in [0.15, 0.2) is 36.7 Å². The van der Waals surface area contributed by atoms with Gasteiger partial charge >= 0.3 is 0 Å². The van der Waals surface area contributed by atoms with Gasteiger partial charge in [-0.15, -0.1) is 0 Å². The fourth-order valence-corrected chi connectivity index (χ4v) is 2.43. The molecule has 0 aliphatic carbocycles. The van der Waals surface area contributed by atoms with E-state index in [-0.39, 0.29) is 0 Å². The number of rotatable bonds is 2. The van der Waals surface area contributed by atoms with Gasteiger partial charge in [0, 0.05) is 24.6 Å². The van der Waals surface area contributed by atoms with Crippen molar-refractivity contribution in [1.29, 1.82) is 0 Å². The summed E-state index contributed by atoms with van der Waals surface area (Å²) in [6, 6.07) is 8.38. The number of aromatic nitrogens is 2. The molecule has 0 unspecified atom stereocenters. The molecule has 0 spiro atoms. The van der Waals surface area contributed by atoms with Crippen molar-refractivity contribution in [1.82, 2.24) is 9.97 Å². The second kappa shape index (κ2) is 5.18. The van der Waals surface area contributed by atoms with Gasteiger partial charge in [-0.3, -0.25) is 4.79 Å². The molecule has 3 rings (SSSR count). The second-order valence-corrected chi connectivity index (χ2v) is 4.67. The molecule has 2 aromatic rings. The summed E-state index contributed by atoms with van der Waals surface area (Å²) in [7, 11) is 0. The summed E-state index contributed by atoms with van der Waals surface area (Å²) in [5, 5.41) is 0. The molecule has 0 fully saturated rings. The van der Waals surface area contributed by atoms with Gasteiger partial charge in [-0.25, -0.2) is 9.97 Å². The van der Waals surface area contributed by atoms with E-state index in [0.717, 1.165) is 25.7 Å². The first-order chi connectivity index (χ1) is 9.38. The zero-order valence-electron chi connectivity index (χ0n) is 10.6. The van der Waals surface area contributed by atoms with E-state index in [1.165, 1.54) is 17.7 Å². The molecule has 19 heavy (non-hydrogen) atoms. The lowest BCUT2D eigenvalue weighted by molar-refractivity contribution is 0.112. The highest BCUT2D eigenvalue weighted by Crippen LogP contribution is 2.30. The number of hydrogen-bond donors (Lipinski definition) is 0. The van der Waals surface area contributed by atoms with Crippen LogP contribution in [-0.4, -0.2) is 22.8 Å². The third kappa shape index (κ3) is 2.34. The van der Waals surface area contributed by atoms with Gasteiger partial charge in [-0.05, 0) is 30.9 Å². The Morgan fingerprint density at radius 3 is 2.68 bits per heavy atom. The Hall–Kier alpha value is -2.23. The largest absolute Gasteiger partial charge is 0.310 e. The predicted octanol–water partition coefficient (Wildman–Crippen LogP) is 2.76. The fourth-order valence-electron chi connectivity index (χ4n) is 2.43. The van der Waals surface area contributed by atoms with Crippen molar-refractivity contribution < 1.29 is 4.79 Å². The predicted molar refractivity (Wildman–Crippen MR) is 73.8 cm³/mol. The molecule has 0 saturated heterocycles. The Balaban J connectivity index is 2.01. The van der Waals surface area contributed by atoms with Gasteiger partial charge in [0.1, 0.15) is 0 Å². The number of hydrogen-bond acceptors (Lipinski definition) is 4. The number of fused-ring (bicyclic) bond motifs is 1. The highest BCUT2D eigenvalue weighted by molar-refractivity contribution is 5.74. The summed E-state index contributed by atoms with van der Waals surface area (Å²) >= 11 is 0. The summed E-state index contributed by atoms with van der Waals surface area (Å²) in [6.07, 6.45) is 7.30. The molecule has 1 aromatic heterocycles. The molecular formula is C15H15N3O. The van der Waals surface area contributed by atoms with Crippen LogP contribution >= 0.6 is 0 Å². The Bertz CT molecular complexity index is 580. The number of benzene rings is 1. The quantitative estimate of drug-likeness (QED) is 0.772. The zero-order valence-corrected chi connectivity index (χ0v) is 10.6. The molecule has 1 aliphatic heterocycles. The van der Waals surface area contributed by atoms with E-state index in [1.807, 2.05) is 6.07 Å². The molecule has 96 valence electrons. The molecule has 0 saturated carbocycles. The van der Waals surface area contributed by atoms with Gasteiger partial charge in [0.05, 0.1) is 5.56 Å². The lowest BCUT2D eigenvalue weighted by atomic mass is 10.1. The summed E-state index contributed by atoms with van der Waals surface area (Å²) in [5.41, 5.74) is 3.02. The molecule has 0 radical (unpaired) electrons. The Kier molecular flexibility index (Phi) is 3.23. The minimum atomic E-state index is 0.506. The van der Waals surface area contributed by atoms with Crippen molar-refractivity contribution >= 4 is 17.9 Å². The number of nitrogens with zero attached hydrogens (tertiary/aromatic N) is 3. The topological polar surface area (TPSA) is 46.1 Å².